The molecule has 18 heavy (non-hydrogen) atoms. The van der Waals surface area contributed by atoms with Crippen LogP contribution in [0.2, 0.25) is 0 Å². The van der Waals surface area contributed by atoms with Crippen molar-refractivity contribution in [3.8, 4) is 5.75 Å². The minimum absolute atomic E-state index is 0.0308. The van der Waals surface area contributed by atoms with E-state index in [1.165, 1.54) is 0 Å². The quantitative estimate of drug-likeness (QED) is 0.611. The third-order valence-corrected chi connectivity index (χ3v) is 3.32. The van der Waals surface area contributed by atoms with Crippen molar-refractivity contribution in [1.29, 1.82) is 0 Å². The Hall–Kier alpha value is -2.29. The van der Waals surface area contributed by atoms with E-state index < -0.39 is 0 Å². The topological polar surface area (TPSA) is 31.2 Å². The van der Waals surface area contributed by atoms with Crippen molar-refractivity contribution in [3.05, 3.63) is 52.8 Å². The summed E-state index contributed by atoms with van der Waals surface area (Å²) >= 11 is 0. The third-order valence-electron chi connectivity index (χ3n) is 3.32. The maximum absolute atomic E-state index is 12.2. The average molecular weight is 239 g/mol. The molecule has 3 heteroatoms. The summed E-state index contributed by atoms with van der Waals surface area (Å²) < 4.78 is 6.93. The molecule has 0 aliphatic carbocycles. The number of benzene rings is 2. The summed E-state index contributed by atoms with van der Waals surface area (Å²) in [5.74, 6) is 0.798. The summed E-state index contributed by atoms with van der Waals surface area (Å²) in [5.41, 5.74) is 0.947. The maximum Gasteiger partial charge on any atom is 0.258 e. The molecule has 0 fully saturated rings. The van der Waals surface area contributed by atoms with E-state index in [2.05, 4.69) is 0 Å². The van der Waals surface area contributed by atoms with E-state index in [1.807, 2.05) is 42.5 Å². The Labute approximate surface area is 104 Å². The molecular formula is C15H13NO2. The Balaban J connectivity index is 2.62. The summed E-state index contributed by atoms with van der Waals surface area (Å²) in [6.07, 6.45) is 0. The van der Waals surface area contributed by atoms with Gasteiger partial charge in [0.2, 0.25) is 0 Å². The fourth-order valence-electron chi connectivity index (χ4n) is 2.34. The first-order valence-electron chi connectivity index (χ1n) is 5.78. The Bertz CT molecular complexity index is 803. The highest BCUT2D eigenvalue weighted by atomic mass is 16.5. The lowest BCUT2D eigenvalue weighted by Crippen LogP contribution is -2.17. The van der Waals surface area contributed by atoms with Crippen LogP contribution < -0.4 is 10.3 Å². The zero-order chi connectivity index (χ0) is 12.7. The summed E-state index contributed by atoms with van der Waals surface area (Å²) in [6, 6.07) is 13.4. The van der Waals surface area contributed by atoms with Crippen molar-refractivity contribution in [2.75, 3.05) is 7.11 Å². The molecule has 0 N–H and O–H groups in total. The van der Waals surface area contributed by atoms with Gasteiger partial charge in [0, 0.05) is 17.8 Å². The van der Waals surface area contributed by atoms with Crippen molar-refractivity contribution in [2.45, 2.75) is 0 Å². The van der Waals surface area contributed by atoms with Gasteiger partial charge in [0.15, 0.2) is 0 Å². The number of aromatic nitrogens is 1. The van der Waals surface area contributed by atoms with Gasteiger partial charge in [-0.05, 0) is 29.7 Å². The van der Waals surface area contributed by atoms with Crippen LogP contribution in [0.4, 0.5) is 0 Å². The number of nitrogens with zero attached hydrogens (tertiary/aromatic N) is 1. The van der Waals surface area contributed by atoms with Gasteiger partial charge in [-0.3, -0.25) is 4.79 Å². The molecule has 0 amide bonds. The molecule has 0 saturated carbocycles. The number of rotatable bonds is 1. The smallest absolute Gasteiger partial charge is 0.258 e. The Morgan fingerprint density at radius 2 is 1.72 bits per heavy atom. The van der Waals surface area contributed by atoms with Crippen LogP contribution in [0.3, 0.4) is 0 Å². The lowest BCUT2D eigenvalue weighted by Gasteiger charge is -2.10. The number of fused-ring (bicyclic) bond motifs is 3. The first-order chi connectivity index (χ1) is 8.72. The highest BCUT2D eigenvalue weighted by Crippen LogP contribution is 2.26. The first-order valence-corrected chi connectivity index (χ1v) is 5.78. The molecule has 3 nitrogen and oxygen atoms in total. The number of hydrogen-bond acceptors (Lipinski definition) is 2. The van der Waals surface area contributed by atoms with E-state index in [0.717, 1.165) is 27.4 Å². The second-order valence-electron chi connectivity index (χ2n) is 4.29. The minimum atomic E-state index is 0.0308. The van der Waals surface area contributed by atoms with Crippen LogP contribution in [0, 0.1) is 0 Å². The monoisotopic (exact) mass is 239 g/mol. The zero-order valence-electron chi connectivity index (χ0n) is 10.3. The van der Waals surface area contributed by atoms with Gasteiger partial charge in [-0.25, -0.2) is 0 Å². The number of aryl methyl sites for hydroxylation is 1. The lowest BCUT2D eigenvalue weighted by atomic mass is 10.1. The largest absolute Gasteiger partial charge is 0.497 e. The van der Waals surface area contributed by atoms with Crippen molar-refractivity contribution in [3.63, 3.8) is 0 Å². The molecule has 3 rings (SSSR count). The van der Waals surface area contributed by atoms with Gasteiger partial charge in [-0.15, -0.1) is 0 Å². The standard InChI is InChI=1S/C15H13NO2/c1-16-14-8-7-10(18-2)9-13(14)11-5-3-4-6-12(11)15(16)17/h3-9H,1-2H3. The molecule has 0 atom stereocenters. The van der Waals surface area contributed by atoms with E-state index in [-0.39, 0.29) is 5.56 Å². The molecule has 0 bridgehead atoms. The van der Waals surface area contributed by atoms with E-state index in [1.54, 1.807) is 18.7 Å². The molecule has 1 heterocycles. The number of ether oxygens (including phenoxy) is 1. The van der Waals surface area contributed by atoms with E-state index in [0.29, 0.717) is 0 Å². The van der Waals surface area contributed by atoms with Gasteiger partial charge in [-0.1, -0.05) is 18.2 Å². The highest BCUT2D eigenvalue weighted by molar-refractivity contribution is 6.05. The van der Waals surface area contributed by atoms with Gasteiger partial charge >= 0.3 is 0 Å². The molecule has 0 radical (unpaired) electrons. The van der Waals surface area contributed by atoms with Crippen LogP contribution in [-0.4, -0.2) is 11.7 Å². The SMILES string of the molecule is COc1ccc2c(c1)c1ccccc1c(=O)n2C. The Morgan fingerprint density at radius 1 is 1.00 bits per heavy atom. The maximum atomic E-state index is 12.2. The highest BCUT2D eigenvalue weighted by Gasteiger charge is 2.08. The normalized spacial score (nSPS) is 11.0. The van der Waals surface area contributed by atoms with Crippen LogP contribution in [0.25, 0.3) is 21.7 Å². The second kappa shape index (κ2) is 3.88. The van der Waals surface area contributed by atoms with E-state index >= 15 is 0 Å². The van der Waals surface area contributed by atoms with Crippen molar-refractivity contribution in [1.82, 2.24) is 4.57 Å². The third kappa shape index (κ3) is 1.40. The van der Waals surface area contributed by atoms with Gasteiger partial charge < -0.3 is 9.30 Å². The van der Waals surface area contributed by atoms with Gasteiger partial charge in [0.1, 0.15) is 5.75 Å². The summed E-state index contributed by atoms with van der Waals surface area (Å²) in [7, 11) is 3.44. The van der Waals surface area contributed by atoms with E-state index in [4.69, 9.17) is 4.74 Å². The Morgan fingerprint density at radius 3 is 2.44 bits per heavy atom. The van der Waals surface area contributed by atoms with Gasteiger partial charge in [-0.2, -0.15) is 0 Å². The Kier molecular flexibility index (Phi) is 2.33. The van der Waals surface area contributed by atoms with Crippen molar-refractivity contribution in [2.24, 2.45) is 7.05 Å². The molecule has 90 valence electrons. The molecule has 0 spiro atoms. The summed E-state index contributed by atoms with van der Waals surface area (Å²) in [6.45, 7) is 0. The van der Waals surface area contributed by atoms with Crippen molar-refractivity contribution >= 4 is 21.7 Å². The molecule has 0 unspecified atom stereocenters. The predicted octanol–water partition coefficient (Wildman–Crippen LogP) is 2.70. The van der Waals surface area contributed by atoms with Crippen LogP contribution in [0.5, 0.6) is 5.75 Å². The fourth-order valence-corrected chi connectivity index (χ4v) is 2.34. The molecule has 3 aromatic rings. The number of methoxy groups -OCH3 is 1. The lowest BCUT2D eigenvalue weighted by molar-refractivity contribution is 0.415. The molecule has 2 aromatic carbocycles. The fraction of sp³-hybridized carbons (Fsp3) is 0.133. The van der Waals surface area contributed by atoms with Crippen LogP contribution in [0.15, 0.2) is 47.3 Å². The molecular weight excluding hydrogens is 226 g/mol. The summed E-state index contributed by atoms with van der Waals surface area (Å²) in [5, 5.41) is 2.74. The van der Waals surface area contributed by atoms with Gasteiger partial charge in [0.05, 0.1) is 12.6 Å². The predicted molar refractivity (Wildman–Crippen MR) is 73.2 cm³/mol. The van der Waals surface area contributed by atoms with Crippen LogP contribution in [-0.2, 0) is 7.05 Å². The van der Waals surface area contributed by atoms with Crippen LogP contribution >= 0.6 is 0 Å². The molecule has 0 saturated heterocycles. The average Bonchev–Trinajstić information content (AvgIpc) is 2.44. The van der Waals surface area contributed by atoms with E-state index in [9.17, 15) is 4.79 Å². The number of hydrogen-bond donors (Lipinski definition) is 0. The van der Waals surface area contributed by atoms with Crippen molar-refractivity contribution < 1.29 is 4.74 Å². The second-order valence-corrected chi connectivity index (χ2v) is 4.29. The number of pyridine rings is 1. The molecule has 0 aliphatic heterocycles. The minimum Gasteiger partial charge on any atom is -0.497 e. The molecule has 0 aliphatic rings. The zero-order valence-corrected chi connectivity index (χ0v) is 10.3. The summed E-state index contributed by atoms with van der Waals surface area (Å²) in [4.78, 5) is 12.2. The van der Waals surface area contributed by atoms with Crippen LogP contribution in [0.1, 0.15) is 0 Å². The first kappa shape index (κ1) is 10.8. The molecule has 1 aromatic heterocycles. The van der Waals surface area contributed by atoms with Gasteiger partial charge in [0.25, 0.3) is 5.56 Å².